The molecule has 1 aliphatic heterocycles. The summed E-state index contributed by atoms with van der Waals surface area (Å²) in [6, 6.07) is 0. The van der Waals surface area contributed by atoms with Crippen molar-refractivity contribution in [2.45, 2.75) is 77.2 Å². The van der Waals surface area contributed by atoms with E-state index >= 15 is 0 Å². The van der Waals surface area contributed by atoms with Crippen molar-refractivity contribution in [3.8, 4) is 0 Å². The number of Topliss-reactive ketones (excluding diaryl/α,β-unsaturated/α-hetero) is 1. The van der Waals surface area contributed by atoms with Gasteiger partial charge in [-0.25, -0.2) is 0 Å². The second kappa shape index (κ2) is 5.06. The Kier molecular flexibility index (Phi) is 3.28. The van der Waals surface area contributed by atoms with Gasteiger partial charge in [0.15, 0.2) is 11.6 Å². The van der Waals surface area contributed by atoms with Crippen LogP contribution in [-0.4, -0.2) is 23.8 Å². The fraction of sp³-hybridized carbons (Fsp3) is 0.818. The Morgan fingerprint density at radius 1 is 0.960 bits per heavy atom. The summed E-state index contributed by atoms with van der Waals surface area (Å²) < 4.78 is 6.21. The average molecular weight is 342 g/mol. The van der Waals surface area contributed by atoms with Gasteiger partial charge in [-0.05, 0) is 74.2 Å². The maximum atomic E-state index is 12.8. The molecular weight excluding hydrogens is 312 g/mol. The van der Waals surface area contributed by atoms with Crippen molar-refractivity contribution in [1.82, 2.24) is 0 Å². The Labute approximate surface area is 150 Å². The van der Waals surface area contributed by atoms with Gasteiger partial charge in [-0.2, -0.15) is 0 Å². The van der Waals surface area contributed by atoms with Gasteiger partial charge in [0, 0.05) is 18.3 Å². The molecule has 0 N–H and O–H groups in total. The minimum Gasteiger partial charge on any atom is -0.366 e. The van der Waals surface area contributed by atoms with E-state index in [0.29, 0.717) is 42.3 Å². The first-order valence-corrected chi connectivity index (χ1v) is 10.3. The standard InChI is InChI=1S/C22H30O3/c1-20-9-5-15(23)13-14(20)3-4-16-17(20)6-10-21(2)18(16)7-11-22(21)19(24)8-12-25-22/h13,16-18H,3-12H2,1-2H3/t16-,17+,18+,20+,21+,22+/m1/s1. The summed E-state index contributed by atoms with van der Waals surface area (Å²) in [6.07, 6.45) is 11.0. The summed E-state index contributed by atoms with van der Waals surface area (Å²) in [4.78, 5) is 24.7. The van der Waals surface area contributed by atoms with Gasteiger partial charge >= 0.3 is 0 Å². The molecule has 0 aromatic carbocycles. The zero-order valence-corrected chi connectivity index (χ0v) is 15.6. The van der Waals surface area contributed by atoms with E-state index in [2.05, 4.69) is 13.8 Å². The molecule has 25 heavy (non-hydrogen) atoms. The number of hydrogen-bond acceptors (Lipinski definition) is 3. The van der Waals surface area contributed by atoms with E-state index in [1.54, 1.807) is 0 Å². The van der Waals surface area contributed by atoms with Crippen molar-refractivity contribution >= 4 is 11.6 Å². The number of rotatable bonds is 0. The predicted molar refractivity (Wildman–Crippen MR) is 95.0 cm³/mol. The second-order valence-corrected chi connectivity index (χ2v) is 9.81. The molecule has 1 spiro atoms. The molecule has 4 aliphatic carbocycles. The van der Waals surface area contributed by atoms with Gasteiger partial charge in [-0.3, -0.25) is 9.59 Å². The highest BCUT2D eigenvalue weighted by Crippen LogP contribution is 2.69. The smallest absolute Gasteiger partial charge is 0.167 e. The second-order valence-electron chi connectivity index (χ2n) is 9.81. The number of carbonyl (C=O) groups is 2. The summed E-state index contributed by atoms with van der Waals surface area (Å²) in [7, 11) is 0. The number of fused-ring (bicyclic) bond motifs is 6. The fourth-order valence-electron chi connectivity index (χ4n) is 7.85. The van der Waals surface area contributed by atoms with E-state index < -0.39 is 5.60 Å². The Morgan fingerprint density at radius 2 is 1.76 bits per heavy atom. The molecule has 1 heterocycles. The van der Waals surface area contributed by atoms with Gasteiger partial charge in [0.2, 0.25) is 0 Å². The van der Waals surface area contributed by atoms with Crippen molar-refractivity contribution in [3.63, 3.8) is 0 Å². The number of carbonyl (C=O) groups excluding carboxylic acids is 2. The summed E-state index contributed by atoms with van der Waals surface area (Å²) in [5.41, 5.74) is 1.20. The Hall–Kier alpha value is -0.960. The Morgan fingerprint density at radius 3 is 2.52 bits per heavy atom. The molecular formula is C22H30O3. The summed E-state index contributed by atoms with van der Waals surface area (Å²) in [6.45, 7) is 5.41. The molecule has 3 saturated carbocycles. The lowest BCUT2D eigenvalue weighted by Gasteiger charge is -2.59. The molecule has 3 nitrogen and oxygen atoms in total. The maximum absolute atomic E-state index is 12.8. The minimum atomic E-state index is -0.470. The molecule has 0 unspecified atom stereocenters. The van der Waals surface area contributed by atoms with E-state index in [1.165, 1.54) is 18.4 Å². The molecule has 3 heteroatoms. The normalized spacial score (nSPS) is 51.9. The highest BCUT2D eigenvalue weighted by atomic mass is 16.5. The van der Waals surface area contributed by atoms with Crippen LogP contribution in [-0.2, 0) is 14.3 Å². The first-order chi connectivity index (χ1) is 11.9. The van der Waals surface area contributed by atoms with Crippen LogP contribution in [0.4, 0.5) is 0 Å². The number of hydrogen-bond donors (Lipinski definition) is 0. The third-order valence-electron chi connectivity index (χ3n) is 9.21. The Bertz CT molecular complexity index is 679. The topological polar surface area (TPSA) is 43.4 Å². The molecule has 0 radical (unpaired) electrons. The maximum Gasteiger partial charge on any atom is 0.167 e. The molecule has 0 bridgehead atoms. The fourth-order valence-corrected chi connectivity index (χ4v) is 7.85. The van der Waals surface area contributed by atoms with Crippen LogP contribution in [0, 0.1) is 28.6 Å². The Balaban J connectivity index is 1.51. The number of ether oxygens (including phenoxy) is 1. The lowest BCUT2D eigenvalue weighted by molar-refractivity contribution is -0.158. The lowest BCUT2D eigenvalue weighted by Crippen LogP contribution is -2.56. The molecule has 136 valence electrons. The van der Waals surface area contributed by atoms with Crippen LogP contribution in [0.5, 0.6) is 0 Å². The molecule has 6 atom stereocenters. The van der Waals surface area contributed by atoms with Crippen molar-refractivity contribution in [2.24, 2.45) is 28.6 Å². The zero-order valence-electron chi connectivity index (χ0n) is 15.6. The third-order valence-corrected chi connectivity index (χ3v) is 9.21. The molecule has 0 aromatic heterocycles. The van der Waals surface area contributed by atoms with Gasteiger partial charge in [-0.15, -0.1) is 0 Å². The van der Waals surface area contributed by atoms with Gasteiger partial charge < -0.3 is 4.74 Å². The van der Waals surface area contributed by atoms with Gasteiger partial charge in [0.1, 0.15) is 5.60 Å². The van der Waals surface area contributed by atoms with E-state index in [9.17, 15) is 9.59 Å². The zero-order chi connectivity index (χ0) is 17.4. The molecule has 5 aliphatic rings. The number of allylic oxidation sites excluding steroid dienone is 1. The van der Waals surface area contributed by atoms with Crippen LogP contribution in [0.2, 0.25) is 0 Å². The largest absolute Gasteiger partial charge is 0.366 e. The SMILES string of the molecule is C[C@]12CCC(=O)C=C1CC[C@@H]1[C@@H]2CC[C@@]2(C)[C@H]1CC[C@@]21OCCC1=O. The van der Waals surface area contributed by atoms with E-state index in [0.717, 1.165) is 38.5 Å². The number of ketones is 2. The van der Waals surface area contributed by atoms with Crippen LogP contribution in [0.1, 0.15) is 71.6 Å². The third kappa shape index (κ3) is 1.86. The van der Waals surface area contributed by atoms with Crippen LogP contribution in [0.3, 0.4) is 0 Å². The first kappa shape index (κ1) is 16.2. The lowest BCUT2D eigenvalue weighted by atomic mass is 9.46. The predicted octanol–water partition coefficient (Wildman–Crippen LogP) is 4.25. The van der Waals surface area contributed by atoms with Crippen molar-refractivity contribution in [1.29, 1.82) is 0 Å². The summed E-state index contributed by atoms with van der Waals surface area (Å²) >= 11 is 0. The van der Waals surface area contributed by atoms with Gasteiger partial charge in [0.05, 0.1) is 6.61 Å². The highest BCUT2D eigenvalue weighted by Gasteiger charge is 2.68. The molecule has 4 fully saturated rings. The first-order valence-electron chi connectivity index (χ1n) is 10.3. The molecule has 0 amide bonds. The highest BCUT2D eigenvalue weighted by molar-refractivity contribution is 5.92. The summed E-state index contributed by atoms with van der Waals surface area (Å²) in [5, 5.41) is 0. The monoisotopic (exact) mass is 342 g/mol. The van der Waals surface area contributed by atoms with Gasteiger partial charge in [-0.1, -0.05) is 19.4 Å². The van der Waals surface area contributed by atoms with Crippen LogP contribution in [0.25, 0.3) is 0 Å². The van der Waals surface area contributed by atoms with Crippen molar-refractivity contribution in [2.75, 3.05) is 6.61 Å². The van der Waals surface area contributed by atoms with Crippen molar-refractivity contribution < 1.29 is 14.3 Å². The van der Waals surface area contributed by atoms with Crippen LogP contribution >= 0.6 is 0 Å². The van der Waals surface area contributed by atoms with Crippen molar-refractivity contribution in [3.05, 3.63) is 11.6 Å². The molecule has 1 saturated heterocycles. The van der Waals surface area contributed by atoms with E-state index in [1.807, 2.05) is 6.08 Å². The van der Waals surface area contributed by atoms with Crippen LogP contribution in [0.15, 0.2) is 11.6 Å². The molecule has 0 aromatic rings. The van der Waals surface area contributed by atoms with E-state index in [4.69, 9.17) is 4.74 Å². The quantitative estimate of drug-likeness (QED) is 0.661. The van der Waals surface area contributed by atoms with Crippen LogP contribution < -0.4 is 0 Å². The minimum absolute atomic E-state index is 0.0316. The average Bonchev–Trinajstić information content (AvgIpc) is 3.10. The van der Waals surface area contributed by atoms with Gasteiger partial charge in [0.25, 0.3) is 0 Å². The molecule has 5 rings (SSSR count). The summed E-state index contributed by atoms with van der Waals surface area (Å²) in [5.74, 6) is 2.71. The van der Waals surface area contributed by atoms with E-state index in [-0.39, 0.29) is 10.8 Å².